The second kappa shape index (κ2) is 13.0. The smallest absolute Gasteiger partial charge is 0.340 e. The molecule has 394 valence electrons. The zero-order valence-electron chi connectivity index (χ0n) is 41.2. The van der Waals surface area contributed by atoms with Crippen molar-refractivity contribution in [1.82, 2.24) is 0 Å². The minimum Gasteiger partial charge on any atom is -0.507 e. The molecular formula is C63H22O20. The first-order valence-corrected chi connectivity index (χ1v) is 25.2. The van der Waals surface area contributed by atoms with Gasteiger partial charge < -0.3 is 56.2 Å². The number of aromatic hydroxyl groups is 3. The monoisotopic (exact) mass is 1100 g/mol. The average Bonchev–Trinajstić information content (AvgIpc) is 0.699. The summed E-state index contributed by atoms with van der Waals surface area (Å²) >= 11 is 0. The van der Waals surface area contributed by atoms with Crippen LogP contribution in [0.3, 0.4) is 0 Å². The van der Waals surface area contributed by atoms with Crippen molar-refractivity contribution in [2.24, 2.45) is 0 Å². The lowest BCUT2D eigenvalue weighted by Gasteiger charge is -2.36. The van der Waals surface area contributed by atoms with E-state index in [2.05, 4.69) is 0 Å². The number of phenolic OH excluding ortho intramolecular Hbond substituents is 2. The Hall–Kier alpha value is -11.9. The highest BCUT2D eigenvalue weighted by Gasteiger charge is 2.46. The summed E-state index contributed by atoms with van der Waals surface area (Å²) in [6.07, 6.45) is 0. The normalized spacial score (nSPS) is 14.2. The number of ketones is 1. The number of hydrogen-bond donors (Lipinski definition) is 11. The molecule has 0 saturated heterocycles. The Balaban J connectivity index is 1.38. The van der Waals surface area contributed by atoms with E-state index in [0.29, 0.717) is 0 Å². The predicted molar refractivity (Wildman–Crippen MR) is 300 cm³/mol. The van der Waals surface area contributed by atoms with Gasteiger partial charge in [0.2, 0.25) is 0 Å². The lowest BCUT2D eigenvalue weighted by molar-refractivity contribution is -0.137. The molecule has 0 bridgehead atoms. The van der Waals surface area contributed by atoms with E-state index >= 15 is 0 Å². The van der Waals surface area contributed by atoms with Crippen LogP contribution in [0.5, 0.6) is 17.2 Å². The molecule has 0 aromatic heterocycles. The van der Waals surface area contributed by atoms with Gasteiger partial charge in [0.25, 0.3) is 0 Å². The third-order valence-electron chi connectivity index (χ3n) is 18.7. The summed E-state index contributed by atoms with van der Waals surface area (Å²) in [5, 5.41) is 126. The van der Waals surface area contributed by atoms with Crippen LogP contribution in [0.25, 0.3) is 172 Å². The first-order valence-electron chi connectivity index (χ1n) is 25.2. The van der Waals surface area contributed by atoms with Crippen molar-refractivity contribution in [2.45, 2.75) is 12.8 Å². The van der Waals surface area contributed by atoms with Crippen molar-refractivity contribution in [3.05, 3.63) is 98.1 Å². The molecule has 83 heavy (non-hydrogen) atoms. The molecular weight excluding hydrogens is 1080 g/mol. The van der Waals surface area contributed by atoms with Gasteiger partial charge in [-0.25, -0.2) is 33.6 Å². The number of benzene rings is 17. The zero-order valence-corrected chi connectivity index (χ0v) is 41.2. The number of carboxylic acid groups (broad SMARTS) is 8. The summed E-state index contributed by atoms with van der Waals surface area (Å²) in [6, 6.07) is 7.88. The van der Waals surface area contributed by atoms with Crippen molar-refractivity contribution in [2.75, 3.05) is 0 Å². The van der Waals surface area contributed by atoms with E-state index < -0.39 is 154 Å². The van der Waals surface area contributed by atoms with Gasteiger partial charge in [-0.15, -0.1) is 0 Å². The fourth-order valence-electron chi connectivity index (χ4n) is 16.5. The van der Waals surface area contributed by atoms with Crippen LogP contribution in [0, 0.1) is 0 Å². The van der Waals surface area contributed by atoms with Crippen LogP contribution < -0.4 is 0 Å². The van der Waals surface area contributed by atoms with E-state index in [0.717, 1.165) is 25.1 Å². The lowest BCUT2D eigenvalue weighted by atomic mass is 9.66. The van der Waals surface area contributed by atoms with Crippen molar-refractivity contribution >= 4 is 226 Å². The van der Waals surface area contributed by atoms with Crippen molar-refractivity contribution in [3.63, 3.8) is 0 Å². The maximum absolute atomic E-state index is 14.9. The number of carboxylic acids is 8. The molecule has 18 rings (SSSR count). The molecule has 11 N–H and O–H groups in total. The summed E-state index contributed by atoms with van der Waals surface area (Å²) < 4.78 is 0. The van der Waals surface area contributed by atoms with Crippen molar-refractivity contribution in [1.29, 1.82) is 0 Å². The fraction of sp³-hybridized carbons (Fsp3) is 0.0317. The van der Waals surface area contributed by atoms with Crippen molar-refractivity contribution in [3.8, 4) is 17.2 Å². The molecule has 0 spiro atoms. The Bertz CT molecular complexity index is 6300. The number of Topliss-reactive ketones (excluding diaryl/α,β-unsaturated/α-hetero) is 1. The second-order valence-electron chi connectivity index (χ2n) is 21.9. The molecule has 0 radical (unpaired) electrons. The van der Waals surface area contributed by atoms with Crippen molar-refractivity contribution < 1.29 is 99.3 Å². The topological polar surface area (TPSA) is 376 Å². The van der Waals surface area contributed by atoms with E-state index in [4.69, 9.17) is 0 Å². The number of aromatic carboxylic acids is 7. The molecule has 0 heterocycles. The standard InChI is InChI=1S/C63H22O20/c1-9(64)21-33-31(60(76)77)14-4-10(56(68)69)5-18-22(14)34-40(33)44-39-29-17(32(61(78)79)55(67)50(21)39)8-15-23(59(74)75)11-2-3-20(65)24-16-7-13(57(70)71)12-6-19(58(72)73)30-36-26(12)27(16)38-35(25(11)24)28(15)37(29)42-43(38)41(36)47-46(45(42)44)48(34)51(54(18)66)53(63(82)83)49(47)52(30)62(80)81/h2-8,31,65-67H,1H3,(H,68,69)(H,70,71)(H,72,73)(H,74,75)(H,76,77)(H,78,79)(H,80,81)(H,82,83). The number of fused-ring (bicyclic) bond motifs is 1. The second-order valence-corrected chi connectivity index (χ2v) is 21.9. The SMILES string of the molecule is CC(=O)c1c2c3c4c5c(cc(C(=O)O)cc5c(O)c5c(C(=O)O)c6c(C(=O)O)c7c(C(=O)O)cc8c(C(=O)O)cc9c%10c(O)ccc%11c(C(=O)O)c%12cc%13c(C(=O)O)c(O)c1c1c%13c%13c%12c(c%11%10)c%10c9c8c7c7c6c(c54)c(c31)c%13c7%10)C2C(=O)O. The van der Waals surface area contributed by atoms with Gasteiger partial charge in [-0.3, -0.25) is 9.59 Å². The van der Waals surface area contributed by atoms with E-state index in [1.807, 2.05) is 0 Å². The van der Waals surface area contributed by atoms with Gasteiger partial charge in [-0.05, 0) is 152 Å². The number of rotatable bonds is 9. The number of carbonyl (C=O) groups is 9. The predicted octanol–water partition coefficient (Wildman–Crippen LogP) is 11.8. The Morgan fingerprint density at radius 3 is 1.33 bits per heavy atom. The number of hydrogen-bond acceptors (Lipinski definition) is 12. The van der Waals surface area contributed by atoms with Gasteiger partial charge in [-0.2, -0.15) is 0 Å². The van der Waals surface area contributed by atoms with Crippen LogP contribution in [-0.2, 0) is 4.79 Å². The number of carbonyl (C=O) groups excluding carboxylic acids is 1. The maximum Gasteiger partial charge on any atom is 0.340 e. The molecule has 17 aromatic rings. The van der Waals surface area contributed by atoms with Gasteiger partial charge in [0.15, 0.2) is 5.78 Å². The first-order chi connectivity index (χ1) is 39.5. The van der Waals surface area contributed by atoms with Gasteiger partial charge in [0.05, 0.1) is 33.4 Å². The molecule has 0 amide bonds. The molecule has 1 unspecified atom stereocenters. The molecule has 17 aromatic carbocycles. The molecule has 0 saturated carbocycles. The molecule has 0 aliphatic heterocycles. The highest BCUT2D eigenvalue weighted by Crippen LogP contribution is 2.68. The van der Waals surface area contributed by atoms with Gasteiger partial charge in [0.1, 0.15) is 28.7 Å². The van der Waals surface area contributed by atoms with Gasteiger partial charge in [0, 0.05) is 86.4 Å². The highest BCUT2D eigenvalue weighted by atomic mass is 16.4. The molecule has 1 aliphatic carbocycles. The molecule has 0 fully saturated rings. The average molecular weight is 1100 g/mol. The van der Waals surface area contributed by atoms with Gasteiger partial charge >= 0.3 is 47.8 Å². The summed E-state index contributed by atoms with van der Waals surface area (Å²) in [5.41, 5.74) is -6.51. The van der Waals surface area contributed by atoms with Crippen LogP contribution in [0.15, 0.2) is 42.5 Å². The summed E-state index contributed by atoms with van der Waals surface area (Å²) in [4.78, 5) is 128. The maximum atomic E-state index is 14.9. The van der Waals surface area contributed by atoms with E-state index in [-0.39, 0.29) is 151 Å². The van der Waals surface area contributed by atoms with Crippen LogP contribution >= 0.6 is 0 Å². The highest BCUT2D eigenvalue weighted by molar-refractivity contribution is 6.67. The Morgan fingerprint density at radius 2 is 0.759 bits per heavy atom. The largest absolute Gasteiger partial charge is 0.507 e. The number of phenols is 3. The lowest BCUT2D eigenvalue weighted by Crippen LogP contribution is -2.21. The summed E-state index contributed by atoms with van der Waals surface area (Å²) in [7, 11) is 0. The number of aliphatic carboxylic acids is 1. The first kappa shape index (κ1) is 45.0. The molecule has 1 aliphatic rings. The Morgan fingerprint density at radius 1 is 0.313 bits per heavy atom. The van der Waals surface area contributed by atoms with Crippen LogP contribution in [0.4, 0.5) is 0 Å². The van der Waals surface area contributed by atoms with E-state index in [9.17, 15) is 99.3 Å². The summed E-state index contributed by atoms with van der Waals surface area (Å²) in [6.45, 7) is 1.03. The quantitative estimate of drug-likeness (QED) is 0.0363. The minimum absolute atomic E-state index is 0.00675. The van der Waals surface area contributed by atoms with Crippen LogP contribution in [-0.4, -0.2) is 110 Å². The fourth-order valence-corrected chi connectivity index (χ4v) is 16.5. The van der Waals surface area contributed by atoms with Gasteiger partial charge in [-0.1, -0.05) is 0 Å². The minimum atomic E-state index is -2.07. The van der Waals surface area contributed by atoms with E-state index in [1.165, 1.54) is 24.3 Å². The van der Waals surface area contributed by atoms with Crippen LogP contribution in [0.1, 0.15) is 107 Å². The summed E-state index contributed by atoms with van der Waals surface area (Å²) in [5.74, 6) is -19.5. The molecule has 1 atom stereocenters. The third kappa shape index (κ3) is 4.23. The Kier molecular flexibility index (Phi) is 7.07. The third-order valence-corrected chi connectivity index (χ3v) is 18.7. The zero-order chi connectivity index (χ0) is 57.7. The molecule has 20 heteroatoms. The van der Waals surface area contributed by atoms with Crippen LogP contribution in [0.2, 0.25) is 0 Å². The van der Waals surface area contributed by atoms with E-state index in [1.54, 1.807) is 0 Å². The molecule has 20 nitrogen and oxygen atoms in total. The Labute approximate surface area is 451 Å².